The molecule has 0 radical (unpaired) electrons. The Bertz CT molecular complexity index is 511. The molecule has 4 nitrogen and oxygen atoms in total. The highest BCUT2D eigenvalue weighted by Crippen LogP contribution is 2.22. The number of rotatable bonds is 7. The molecule has 22 heavy (non-hydrogen) atoms. The van der Waals surface area contributed by atoms with Crippen molar-refractivity contribution in [1.82, 2.24) is 4.90 Å². The van der Waals surface area contributed by atoms with Crippen LogP contribution in [0.5, 0.6) is 0 Å². The van der Waals surface area contributed by atoms with E-state index in [0.717, 1.165) is 17.0 Å². The molecule has 0 heterocycles. The molecule has 0 aliphatic rings. The average Bonchev–Trinajstić information content (AvgIpc) is 2.37. The number of nitrogens with one attached hydrogen (secondary N) is 1. The molecule has 0 aliphatic carbocycles. The third kappa shape index (κ3) is 7.06. The van der Waals surface area contributed by atoms with Crippen LogP contribution in [0.1, 0.15) is 6.42 Å². The SMILES string of the molecule is O=C(CN(CCCO)CC(F)(F)F)Nc1ccc(F)cc1Cl. The summed E-state index contributed by atoms with van der Waals surface area (Å²) in [5.74, 6) is -1.31. The average molecular weight is 343 g/mol. The van der Waals surface area contributed by atoms with Crippen LogP contribution >= 0.6 is 11.6 Å². The highest BCUT2D eigenvalue weighted by Gasteiger charge is 2.31. The zero-order chi connectivity index (χ0) is 16.8. The van der Waals surface area contributed by atoms with E-state index in [9.17, 15) is 22.4 Å². The monoisotopic (exact) mass is 342 g/mol. The zero-order valence-electron chi connectivity index (χ0n) is 11.5. The molecule has 1 rings (SSSR count). The Hall–Kier alpha value is -1.38. The fourth-order valence-electron chi connectivity index (χ4n) is 1.75. The third-order valence-electron chi connectivity index (χ3n) is 2.61. The molecule has 0 aliphatic heterocycles. The molecular weight excluding hydrogens is 328 g/mol. The summed E-state index contributed by atoms with van der Waals surface area (Å²) in [7, 11) is 0. The number of nitrogens with zero attached hydrogens (tertiary/aromatic N) is 1. The largest absolute Gasteiger partial charge is 0.401 e. The van der Waals surface area contributed by atoms with Crippen molar-refractivity contribution in [3.05, 3.63) is 29.0 Å². The molecule has 0 spiro atoms. The first kappa shape index (κ1) is 18.7. The van der Waals surface area contributed by atoms with Gasteiger partial charge in [-0.1, -0.05) is 11.6 Å². The number of hydrogen-bond acceptors (Lipinski definition) is 3. The van der Waals surface area contributed by atoms with Crippen molar-refractivity contribution in [2.24, 2.45) is 0 Å². The van der Waals surface area contributed by atoms with Gasteiger partial charge in [-0.15, -0.1) is 0 Å². The molecule has 1 aromatic carbocycles. The molecule has 0 saturated carbocycles. The Kier molecular flexibility index (Phi) is 7.05. The topological polar surface area (TPSA) is 52.6 Å². The van der Waals surface area contributed by atoms with Crippen molar-refractivity contribution in [2.45, 2.75) is 12.6 Å². The molecule has 9 heteroatoms. The normalized spacial score (nSPS) is 11.8. The fraction of sp³-hybridized carbons (Fsp3) is 0.462. The van der Waals surface area contributed by atoms with Gasteiger partial charge in [-0.25, -0.2) is 4.39 Å². The maximum Gasteiger partial charge on any atom is 0.401 e. The molecule has 0 aromatic heterocycles. The fourth-order valence-corrected chi connectivity index (χ4v) is 1.96. The van der Waals surface area contributed by atoms with Gasteiger partial charge in [0, 0.05) is 13.2 Å². The number of halogens is 5. The smallest absolute Gasteiger partial charge is 0.396 e. The van der Waals surface area contributed by atoms with E-state index in [-0.39, 0.29) is 30.3 Å². The van der Waals surface area contributed by atoms with Crippen LogP contribution in [0.15, 0.2) is 18.2 Å². The first-order valence-corrected chi connectivity index (χ1v) is 6.74. The Morgan fingerprint density at radius 2 is 2.05 bits per heavy atom. The van der Waals surface area contributed by atoms with Crippen molar-refractivity contribution < 1.29 is 27.5 Å². The Morgan fingerprint density at radius 3 is 2.59 bits per heavy atom. The molecule has 0 fully saturated rings. The zero-order valence-corrected chi connectivity index (χ0v) is 12.2. The van der Waals surface area contributed by atoms with Gasteiger partial charge in [0.25, 0.3) is 0 Å². The minimum atomic E-state index is -4.46. The summed E-state index contributed by atoms with van der Waals surface area (Å²) in [6, 6.07) is 3.27. The first-order valence-electron chi connectivity index (χ1n) is 6.36. The summed E-state index contributed by atoms with van der Waals surface area (Å²) < 4.78 is 50.1. The van der Waals surface area contributed by atoms with Gasteiger partial charge in [0.1, 0.15) is 5.82 Å². The van der Waals surface area contributed by atoms with Gasteiger partial charge < -0.3 is 10.4 Å². The highest BCUT2D eigenvalue weighted by molar-refractivity contribution is 6.33. The number of alkyl halides is 3. The lowest BCUT2D eigenvalue weighted by Gasteiger charge is -2.22. The van der Waals surface area contributed by atoms with Gasteiger partial charge in [0.15, 0.2) is 0 Å². The molecule has 0 unspecified atom stereocenters. The maximum atomic E-state index is 12.9. The minimum Gasteiger partial charge on any atom is -0.396 e. The van der Waals surface area contributed by atoms with E-state index in [1.807, 2.05) is 0 Å². The lowest BCUT2D eigenvalue weighted by atomic mass is 10.3. The second-order valence-corrected chi connectivity index (χ2v) is 4.98. The second kappa shape index (κ2) is 8.30. The van der Waals surface area contributed by atoms with Gasteiger partial charge in [0.2, 0.25) is 5.91 Å². The van der Waals surface area contributed by atoms with Crippen LogP contribution in [0.3, 0.4) is 0 Å². The lowest BCUT2D eigenvalue weighted by Crippen LogP contribution is -2.40. The number of anilines is 1. The standard InChI is InChI=1S/C13H15ClF4N2O2/c14-10-6-9(15)2-3-11(10)19-12(22)7-20(4-1-5-21)8-13(16,17)18/h2-3,6,21H,1,4-5,7-8H2,(H,19,22). The summed E-state index contributed by atoms with van der Waals surface area (Å²) in [6.07, 6.45) is -4.34. The van der Waals surface area contributed by atoms with Crippen LogP contribution in [-0.2, 0) is 4.79 Å². The van der Waals surface area contributed by atoms with Crippen molar-refractivity contribution in [1.29, 1.82) is 0 Å². The minimum absolute atomic E-state index is 0.0499. The molecule has 1 amide bonds. The van der Waals surface area contributed by atoms with Crippen molar-refractivity contribution in [3.63, 3.8) is 0 Å². The quantitative estimate of drug-likeness (QED) is 0.749. The molecule has 0 saturated heterocycles. The number of aliphatic hydroxyl groups excluding tert-OH is 1. The number of aliphatic hydroxyl groups is 1. The summed E-state index contributed by atoms with van der Waals surface area (Å²) in [4.78, 5) is 12.6. The van der Waals surface area contributed by atoms with Crippen LogP contribution < -0.4 is 5.32 Å². The van der Waals surface area contributed by atoms with E-state index in [2.05, 4.69) is 5.32 Å². The summed E-state index contributed by atoms with van der Waals surface area (Å²) in [5, 5.41) is 11.0. The van der Waals surface area contributed by atoms with Crippen LogP contribution in [0.4, 0.5) is 23.2 Å². The number of benzene rings is 1. The summed E-state index contributed by atoms with van der Waals surface area (Å²) in [5.41, 5.74) is 0.113. The van der Waals surface area contributed by atoms with Gasteiger partial charge >= 0.3 is 6.18 Å². The molecule has 1 aromatic rings. The third-order valence-corrected chi connectivity index (χ3v) is 2.92. The van der Waals surface area contributed by atoms with Gasteiger partial charge in [0.05, 0.1) is 23.8 Å². The van der Waals surface area contributed by atoms with Crippen LogP contribution in [-0.4, -0.2) is 48.3 Å². The van der Waals surface area contributed by atoms with Crippen LogP contribution in [0, 0.1) is 5.82 Å². The number of carbonyl (C=O) groups excluding carboxylic acids is 1. The number of carbonyl (C=O) groups is 1. The molecule has 0 bridgehead atoms. The second-order valence-electron chi connectivity index (χ2n) is 4.58. The first-order chi connectivity index (χ1) is 10.2. The number of amides is 1. The van der Waals surface area contributed by atoms with Gasteiger partial charge in [-0.3, -0.25) is 9.69 Å². The molecule has 2 N–H and O–H groups in total. The molecule has 124 valence electrons. The van der Waals surface area contributed by atoms with Gasteiger partial charge in [-0.2, -0.15) is 13.2 Å². The predicted molar refractivity (Wildman–Crippen MR) is 74.2 cm³/mol. The van der Waals surface area contributed by atoms with Crippen LogP contribution in [0.25, 0.3) is 0 Å². The Balaban J connectivity index is 2.65. The highest BCUT2D eigenvalue weighted by atomic mass is 35.5. The number of hydrogen-bond donors (Lipinski definition) is 2. The van der Waals surface area contributed by atoms with Crippen molar-refractivity contribution in [3.8, 4) is 0 Å². The predicted octanol–water partition coefficient (Wildman–Crippen LogP) is 2.66. The maximum absolute atomic E-state index is 12.9. The Labute approximate surface area is 129 Å². The van der Waals surface area contributed by atoms with Crippen LogP contribution in [0.2, 0.25) is 5.02 Å². The van der Waals surface area contributed by atoms with Crippen molar-refractivity contribution in [2.75, 3.05) is 31.6 Å². The molecule has 0 atom stereocenters. The lowest BCUT2D eigenvalue weighted by molar-refractivity contribution is -0.148. The van der Waals surface area contributed by atoms with E-state index in [4.69, 9.17) is 16.7 Å². The van der Waals surface area contributed by atoms with E-state index >= 15 is 0 Å². The van der Waals surface area contributed by atoms with Gasteiger partial charge in [-0.05, 0) is 24.6 Å². The van der Waals surface area contributed by atoms with E-state index < -0.39 is 31.0 Å². The Morgan fingerprint density at radius 1 is 1.36 bits per heavy atom. The summed E-state index contributed by atoms with van der Waals surface area (Å²) in [6.45, 7) is -2.15. The van der Waals surface area contributed by atoms with Crippen molar-refractivity contribution >= 4 is 23.2 Å². The molecular formula is C13H15ClF4N2O2. The van der Waals surface area contributed by atoms with E-state index in [1.165, 1.54) is 6.07 Å². The van der Waals surface area contributed by atoms with E-state index in [0.29, 0.717) is 0 Å². The van der Waals surface area contributed by atoms with E-state index in [1.54, 1.807) is 0 Å². The summed E-state index contributed by atoms with van der Waals surface area (Å²) >= 11 is 5.72.